The maximum atomic E-state index is 13.0. The summed E-state index contributed by atoms with van der Waals surface area (Å²) in [6, 6.07) is 14.6. The molecule has 2 aliphatic heterocycles. The van der Waals surface area contributed by atoms with Crippen LogP contribution in [0.5, 0.6) is 11.5 Å². The second-order valence-corrected chi connectivity index (χ2v) is 10.1. The average Bonchev–Trinajstić information content (AvgIpc) is 3.25. The molecule has 1 saturated carbocycles. The minimum absolute atomic E-state index is 0.143. The van der Waals surface area contributed by atoms with Crippen LogP contribution in [0.15, 0.2) is 48.5 Å². The standard InChI is InChI=1S/C23H23F3O7S/c24-23(25,26)34(27,28)33-21-19-13-22(30-10-11-31-22)9-8-17(19)18-12-16(6-7-20(18)32-21)29-14-15-4-2-1-3-5-15/h1-7,12,17,19,21H,8-11,13-14H2/t17-,19?,21?/m1/s1. The van der Waals surface area contributed by atoms with E-state index in [0.29, 0.717) is 38.4 Å². The van der Waals surface area contributed by atoms with Gasteiger partial charge in [-0.1, -0.05) is 30.3 Å². The van der Waals surface area contributed by atoms with Crippen LogP contribution in [0.3, 0.4) is 0 Å². The maximum Gasteiger partial charge on any atom is 0.523 e. The maximum absolute atomic E-state index is 13.0. The Balaban J connectivity index is 1.43. The lowest BCUT2D eigenvalue weighted by atomic mass is 9.71. The van der Waals surface area contributed by atoms with E-state index < -0.39 is 33.6 Å². The predicted molar refractivity (Wildman–Crippen MR) is 112 cm³/mol. The highest BCUT2D eigenvalue weighted by Crippen LogP contribution is 2.53. The summed E-state index contributed by atoms with van der Waals surface area (Å²) in [5.74, 6) is -1.20. The summed E-state index contributed by atoms with van der Waals surface area (Å²) in [6.07, 6.45) is -0.508. The molecule has 1 saturated heterocycles. The third kappa shape index (κ3) is 4.49. The first-order valence-corrected chi connectivity index (χ1v) is 12.3. The van der Waals surface area contributed by atoms with Crippen LogP contribution < -0.4 is 9.47 Å². The van der Waals surface area contributed by atoms with Crippen molar-refractivity contribution in [3.05, 3.63) is 59.7 Å². The van der Waals surface area contributed by atoms with Gasteiger partial charge < -0.3 is 18.9 Å². The third-order valence-corrected chi connectivity index (χ3v) is 7.45. The van der Waals surface area contributed by atoms with E-state index >= 15 is 0 Å². The Bertz CT molecular complexity index is 1130. The highest BCUT2D eigenvalue weighted by Gasteiger charge is 2.55. The molecule has 3 aliphatic rings. The van der Waals surface area contributed by atoms with Gasteiger partial charge in [-0.3, -0.25) is 0 Å². The molecule has 1 spiro atoms. The molecule has 7 nitrogen and oxygen atoms in total. The lowest BCUT2D eigenvalue weighted by Gasteiger charge is -2.46. The predicted octanol–water partition coefficient (Wildman–Crippen LogP) is 4.48. The van der Waals surface area contributed by atoms with Gasteiger partial charge in [-0.05, 0) is 36.1 Å². The van der Waals surface area contributed by atoms with Crippen LogP contribution >= 0.6 is 0 Å². The number of alkyl halides is 3. The van der Waals surface area contributed by atoms with Gasteiger partial charge in [0, 0.05) is 24.3 Å². The van der Waals surface area contributed by atoms with E-state index in [1.807, 2.05) is 30.3 Å². The van der Waals surface area contributed by atoms with Crippen molar-refractivity contribution in [1.29, 1.82) is 0 Å². The molecule has 0 aromatic heterocycles. The number of hydrogen-bond donors (Lipinski definition) is 0. The fourth-order valence-electron chi connectivity index (χ4n) is 4.86. The summed E-state index contributed by atoms with van der Waals surface area (Å²) in [6.45, 7) is 1.06. The average molecular weight is 500 g/mol. The molecule has 0 amide bonds. The molecule has 2 aromatic carbocycles. The first-order chi connectivity index (χ1) is 16.2. The smallest absolute Gasteiger partial charge is 0.489 e. The Morgan fingerprint density at radius 1 is 1.06 bits per heavy atom. The Kier molecular flexibility index (Phi) is 5.99. The first-order valence-electron chi connectivity index (χ1n) is 10.9. The highest BCUT2D eigenvalue weighted by molar-refractivity contribution is 7.87. The zero-order valence-electron chi connectivity index (χ0n) is 18.0. The van der Waals surface area contributed by atoms with Crippen molar-refractivity contribution in [2.24, 2.45) is 5.92 Å². The largest absolute Gasteiger partial charge is 0.523 e. The molecule has 34 heavy (non-hydrogen) atoms. The van der Waals surface area contributed by atoms with Crippen molar-refractivity contribution in [2.75, 3.05) is 13.2 Å². The van der Waals surface area contributed by atoms with Crippen LogP contribution in [0.4, 0.5) is 13.2 Å². The van der Waals surface area contributed by atoms with E-state index in [-0.39, 0.29) is 18.1 Å². The van der Waals surface area contributed by atoms with Crippen LogP contribution in [0.2, 0.25) is 0 Å². The number of benzene rings is 2. The van der Waals surface area contributed by atoms with E-state index in [4.69, 9.17) is 18.9 Å². The van der Waals surface area contributed by atoms with Gasteiger partial charge in [0.15, 0.2) is 5.79 Å². The lowest BCUT2D eigenvalue weighted by Crippen LogP contribution is -2.49. The van der Waals surface area contributed by atoms with Gasteiger partial charge in [-0.2, -0.15) is 21.6 Å². The molecule has 2 aromatic rings. The molecule has 1 aliphatic carbocycles. The van der Waals surface area contributed by atoms with Crippen molar-refractivity contribution >= 4 is 10.1 Å². The fraction of sp³-hybridized carbons (Fsp3) is 0.478. The van der Waals surface area contributed by atoms with E-state index in [1.165, 1.54) is 0 Å². The summed E-state index contributed by atoms with van der Waals surface area (Å²) >= 11 is 0. The van der Waals surface area contributed by atoms with Gasteiger partial charge in [0.05, 0.1) is 13.2 Å². The summed E-state index contributed by atoms with van der Waals surface area (Å²) in [4.78, 5) is 0. The van der Waals surface area contributed by atoms with Crippen LogP contribution in [0.25, 0.3) is 0 Å². The number of fused-ring (bicyclic) bond motifs is 3. The second-order valence-electron chi connectivity index (χ2n) is 8.58. The van der Waals surface area contributed by atoms with Crippen LogP contribution in [-0.4, -0.2) is 39.2 Å². The number of rotatable bonds is 5. The molecule has 3 atom stereocenters. The molecule has 11 heteroatoms. The Morgan fingerprint density at radius 2 is 1.79 bits per heavy atom. The van der Waals surface area contributed by atoms with Crippen molar-refractivity contribution in [3.63, 3.8) is 0 Å². The van der Waals surface area contributed by atoms with E-state index in [0.717, 1.165) is 11.1 Å². The lowest BCUT2D eigenvalue weighted by molar-refractivity contribution is -0.213. The normalized spacial score (nSPS) is 25.9. The monoisotopic (exact) mass is 500 g/mol. The molecular weight excluding hydrogens is 477 g/mol. The molecule has 0 N–H and O–H groups in total. The van der Waals surface area contributed by atoms with E-state index in [2.05, 4.69) is 4.18 Å². The Hall–Kier alpha value is -2.34. The molecular formula is C23H23F3O7S. The molecule has 5 rings (SSSR count). The molecule has 0 bridgehead atoms. The Labute approximate surface area is 194 Å². The number of halogens is 3. The summed E-state index contributed by atoms with van der Waals surface area (Å²) in [7, 11) is -5.86. The van der Waals surface area contributed by atoms with Gasteiger partial charge in [-0.15, -0.1) is 0 Å². The summed E-state index contributed by atoms with van der Waals surface area (Å²) in [5.41, 5.74) is -3.85. The van der Waals surface area contributed by atoms with Crippen molar-refractivity contribution < 1.29 is 44.7 Å². The Morgan fingerprint density at radius 3 is 2.50 bits per heavy atom. The number of hydrogen-bond acceptors (Lipinski definition) is 7. The van der Waals surface area contributed by atoms with E-state index in [9.17, 15) is 21.6 Å². The zero-order valence-corrected chi connectivity index (χ0v) is 18.8. The highest BCUT2D eigenvalue weighted by atomic mass is 32.2. The quantitative estimate of drug-likeness (QED) is 0.443. The minimum Gasteiger partial charge on any atom is -0.489 e. The first kappa shape index (κ1) is 23.4. The molecule has 2 heterocycles. The molecule has 2 unspecified atom stereocenters. The van der Waals surface area contributed by atoms with Gasteiger partial charge in [0.1, 0.15) is 18.1 Å². The summed E-state index contributed by atoms with van der Waals surface area (Å²) < 4.78 is 90.4. The van der Waals surface area contributed by atoms with Gasteiger partial charge in [-0.25, -0.2) is 4.18 Å². The van der Waals surface area contributed by atoms with Crippen molar-refractivity contribution in [3.8, 4) is 11.5 Å². The van der Waals surface area contributed by atoms with Crippen molar-refractivity contribution in [2.45, 2.75) is 49.4 Å². The van der Waals surface area contributed by atoms with Crippen LogP contribution in [-0.2, 0) is 30.4 Å². The van der Waals surface area contributed by atoms with Gasteiger partial charge in [0.2, 0.25) is 6.29 Å². The van der Waals surface area contributed by atoms with Crippen molar-refractivity contribution in [1.82, 2.24) is 0 Å². The van der Waals surface area contributed by atoms with Gasteiger partial charge >= 0.3 is 15.6 Å². The van der Waals surface area contributed by atoms with E-state index in [1.54, 1.807) is 18.2 Å². The summed E-state index contributed by atoms with van der Waals surface area (Å²) in [5, 5.41) is 0. The zero-order chi connectivity index (χ0) is 24.0. The minimum atomic E-state index is -5.86. The molecule has 0 radical (unpaired) electrons. The number of ether oxygens (including phenoxy) is 4. The third-order valence-electron chi connectivity index (χ3n) is 6.44. The SMILES string of the molecule is O=S(=O)(OC1Oc2ccc(OCc3ccccc3)cc2[C@H]2CCC3(CC12)OCCO3)C(F)(F)F. The topological polar surface area (TPSA) is 80.3 Å². The second kappa shape index (κ2) is 8.71. The van der Waals surface area contributed by atoms with Crippen LogP contribution in [0.1, 0.15) is 36.3 Å². The fourth-order valence-corrected chi connectivity index (χ4v) is 5.40. The van der Waals surface area contributed by atoms with Gasteiger partial charge in [0.25, 0.3) is 0 Å². The molecule has 184 valence electrons. The van der Waals surface area contributed by atoms with Crippen LogP contribution in [0, 0.1) is 5.92 Å². The molecule has 2 fully saturated rings.